The molecule has 0 saturated heterocycles. The zero-order valence-corrected chi connectivity index (χ0v) is 13.1. The van der Waals surface area contributed by atoms with Crippen LogP contribution in [0.3, 0.4) is 0 Å². The van der Waals surface area contributed by atoms with E-state index in [0.29, 0.717) is 11.8 Å². The number of nitrogens with one attached hydrogen (secondary N) is 1. The minimum atomic E-state index is 0.673. The van der Waals surface area contributed by atoms with Gasteiger partial charge < -0.3 is 10.1 Å². The van der Waals surface area contributed by atoms with E-state index in [1.807, 2.05) is 6.07 Å². The summed E-state index contributed by atoms with van der Waals surface area (Å²) in [6.45, 7) is 11.4. The highest BCUT2D eigenvalue weighted by Crippen LogP contribution is 2.20. The molecule has 1 aromatic rings. The number of methoxy groups -OCH3 is 1. The second-order valence-electron chi connectivity index (χ2n) is 6.06. The van der Waals surface area contributed by atoms with Crippen molar-refractivity contribution >= 4 is 0 Å². The van der Waals surface area contributed by atoms with Crippen LogP contribution < -0.4 is 10.1 Å². The van der Waals surface area contributed by atoms with E-state index in [9.17, 15) is 0 Å². The van der Waals surface area contributed by atoms with Crippen molar-refractivity contribution in [3.8, 4) is 5.75 Å². The Balaban J connectivity index is 2.42. The van der Waals surface area contributed by atoms with Gasteiger partial charge in [0.05, 0.1) is 7.11 Å². The summed E-state index contributed by atoms with van der Waals surface area (Å²) < 4.78 is 5.28. The predicted octanol–water partition coefficient (Wildman–Crippen LogP) is 3.76. The smallest absolute Gasteiger partial charge is 0.119 e. The van der Waals surface area contributed by atoms with Crippen LogP contribution in [0.1, 0.15) is 33.3 Å². The maximum atomic E-state index is 5.28. The summed E-state index contributed by atoms with van der Waals surface area (Å²) in [6.07, 6.45) is 1.11. The number of hydrogen-bond acceptors (Lipinski definition) is 2. The molecule has 0 radical (unpaired) electrons. The van der Waals surface area contributed by atoms with Gasteiger partial charge in [-0.2, -0.15) is 0 Å². The van der Waals surface area contributed by atoms with Crippen LogP contribution in [0, 0.1) is 17.8 Å². The lowest BCUT2D eigenvalue weighted by Gasteiger charge is -2.21. The predicted molar refractivity (Wildman–Crippen MR) is 82.7 cm³/mol. The Morgan fingerprint density at radius 3 is 2.42 bits per heavy atom. The molecule has 0 spiro atoms. The molecule has 0 saturated carbocycles. The van der Waals surface area contributed by atoms with Crippen LogP contribution in [0.2, 0.25) is 0 Å². The van der Waals surface area contributed by atoms with Crippen molar-refractivity contribution in [2.24, 2.45) is 17.8 Å². The minimum absolute atomic E-state index is 0.673. The van der Waals surface area contributed by atoms with Gasteiger partial charge >= 0.3 is 0 Å². The SMILES string of the molecule is COc1cccc(CC(C)C(C)CNCC(C)C)c1. The molecule has 108 valence electrons. The summed E-state index contributed by atoms with van der Waals surface area (Å²) in [4.78, 5) is 0. The zero-order chi connectivity index (χ0) is 14.3. The Morgan fingerprint density at radius 1 is 1.05 bits per heavy atom. The Labute approximate surface area is 118 Å². The molecule has 0 aliphatic rings. The molecule has 0 heterocycles. The zero-order valence-electron chi connectivity index (χ0n) is 13.1. The van der Waals surface area contributed by atoms with E-state index in [1.165, 1.54) is 5.56 Å². The summed E-state index contributed by atoms with van der Waals surface area (Å²) in [5, 5.41) is 3.55. The first kappa shape index (κ1) is 16.0. The second-order valence-corrected chi connectivity index (χ2v) is 6.06. The van der Waals surface area contributed by atoms with Gasteiger partial charge in [0.15, 0.2) is 0 Å². The van der Waals surface area contributed by atoms with Crippen molar-refractivity contribution < 1.29 is 4.74 Å². The average molecular weight is 263 g/mol. The lowest BCUT2D eigenvalue weighted by Crippen LogP contribution is -2.28. The Hall–Kier alpha value is -1.02. The van der Waals surface area contributed by atoms with Gasteiger partial charge in [0.25, 0.3) is 0 Å². The van der Waals surface area contributed by atoms with Crippen molar-refractivity contribution in [1.29, 1.82) is 0 Å². The van der Waals surface area contributed by atoms with Crippen LogP contribution in [0.25, 0.3) is 0 Å². The minimum Gasteiger partial charge on any atom is -0.497 e. The standard InChI is InChI=1S/C17H29NO/c1-13(2)11-18-12-15(4)14(3)9-16-7-6-8-17(10-16)19-5/h6-8,10,13-15,18H,9,11-12H2,1-5H3. The summed E-state index contributed by atoms with van der Waals surface area (Å²) >= 11 is 0. The highest BCUT2D eigenvalue weighted by molar-refractivity contribution is 5.28. The molecular weight excluding hydrogens is 234 g/mol. The number of ether oxygens (including phenoxy) is 1. The quantitative estimate of drug-likeness (QED) is 0.771. The van der Waals surface area contributed by atoms with Crippen molar-refractivity contribution in [3.05, 3.63) is 29.8 Å². The summed E-state index contributed by atoms with van der Waals surface area (Å²) in [6, 6.07) is 8.41. The molecule has 2 atom stereocenters. The average Bonchev–Trinajstić information content (AvgIpc) is 2.38. The van der Waals surface area contributed by atoms with E-state index in [-0.39, 0.29) is 0 Å². The molecule has 1 N–H and O–H groups in total. The van der Waals surface area contributed by atoms with Gasteiger partial charge in [-0.05, 0) is 55.0 Å². The molecule has 0 amide bonds. The lowest BCUT2D eigenvalue weighted by atomic mass is 9.89. The lowest BCUT2D eigenvalue weighted by molar-refractivity contribution is 0.356. The largest absolute Gasteiger partial charge is 0.497 e. The number of benzene rings is 1. The van der Waals surface area contributed by atoms with Crippen LogP contribution in [0.5, 0.6) is 5.75 Å². The molecule has 0 bridgehead atoms. The molecule has 0 aliphatic heterocycles. The topological polar surface area (TPSA) is 21.3 Å². The molecule has 0 fully saturated rings. The highest BCUT2D eigenvalue weighted by atomic mass is 16.5. The number of rotatable bonds is 8. The monoisotopic (exact) mass is 263 g/mol. The fourth-order valence-electron chi connectivity index (χ4n) is 2.17. The van der Waals surface area contributed by atoms with Crippen LogP contribution in [-0.4, -0.2) is 20.2 Å². The van der Waals surface area contributed by atoms with Gasteiger partial charge in [0, 0.05) is 0 Å². The van der Waals surface area contributed by atoms with Gasteiger partial charge in [-0.3, -0.25) is 0 Å². The molecular formula is C17H29NO. The molecule has 1 aromatic carbocycles. The van der Waals surface area contributed by atoms with Gasteiger partial charge in [-0.1, -0.05) is 39.8 Å². The third-order valence-corrected chi connectivity index (χ3v) is 3.68. The second kappa shape index (κ2) is 8.21. The first-order valence-electron chi connectivity index (χ1n) is 7.36. The summed E-state index contributed by atoms with van der Waals surface area (Å²) in [5.41, 5.74) is 1.36. The van der Waals surface area contributed by atoms with E-state index in [0.717, 1.165) is 31.2 Å². The van der Waals surface area contributed by atoms with E-state index < -0.39 is 0 Å². The maximum Gasteiger partial charge on any atom is 0.119 e. The van der Waals surface area contributed by atoms with Crippen molar-refractivity contribution in [2.75, 3.05) is 20.2 Å². The molecule has 2 heteroatoms. The van der Waals surface area contributed by atoms with Gasteiger partial charge in [0.1, 0.15) is 5.75 Å². The van der Waals surface area contributed by atoms with Crippen molar-refractivity contribution in [2.45, 2.75) is 34.1 Å². The molecule has 1 rings (SSSR count). The van der Waals surface area contributed by atoms with E-state index in [1.54, 1.807) is 7.11 Å². The van der Waals surface area contributed by atoms with Crippen LogP contribution in [0.4, 0.5) is 0 Å². The molecule has 19 heavy (non-hydrogen) atoms. The molecule has 0 aliphatic carbocycles. The fraction of sp³-hybridized carbons (Fsp3) is 0.647. The Bertz CT molecular complexity index is 362. The maximum absolute atomic E-state index is 5.28. The Kier molecular flexibility index (Phi) is 6.93. The third kappa shape index (κ3) is 6.11. The van der Waals surface area contributed by atoms with Crippen LogP contribution >= 0.6 is 0 Å². The molecule has 0 aromatic heterocycles. The highest BCUT2D eigenvalue weighted by Gasteiger charge is 2.13. The van der Waals surface area contributed by atoms with E-state index in [2.05, 4.69) is 51.2 Å². The van der Waals surface area contributed by atoms with Gasteiger partial charge in [-0.15, -0.1) is 0 Å². The van der Waals surface area contributed by atoms with Gasteiger partial charge in [0.2, 0.25) is 0 Å². The van der Waals surface area contributed by atoms with E-state index in [4.69, 9.17) is 4.74 Å². The molecule has 2 unspecified atom stereocenters. The summed E-state index contributed by atoms with van der Waals surface area (Å²) in [5.74, 6) is 3.04. The normalized spacial score (nSPS) is 14.4. The fourth-order valence-corrected chi connectivity index (χ4v) is 2.17. The van der Waals surface area contributed by atoms with Crippen molar-refractivity contribution in [1.82, 2.24) is 5.32 Å². The summed E-state index contributed by atoms with van der Waals surface area (Å²) in [7, 11) is 1.72. The molecule has 2 nitrogen and oxygen atoms in total. The van der Waals surface area contributed by atoms with Crippen molar-refractivity contribution in [3.63, 3.8) is 0 Å². The first-order valence-corrected chi connectivity index (χ1v) is 7.36. The van der Waals surface area contributed by atoms with Crippen LogP contribution in [0.15, 0.2) is 24.3 Å². The van der Waals surface area contributed by atoms with Crippen LogP contribution in [-0.2, 0) is 6.42 Å². The first-order chi connectivity index (χ1) is 9.02. The number of hydrogen-bond donors (Lipinski definition) is 1. The third-order valence-electron chi connectivity index (χ3n) is 3.68. The Morgan fingerprint density at radius 2 is 1.79 bits per heavy atom. The van der Waals surface area contributed by atoms with Gasteiger partial charge in [-0.25, -0.2) is 0 Å². The van der Waals surface area contributed by atoms with E-state index >= 15 is 0 Å².